The average molecular weight is 493 g/mol. The van der Waals surface area contributed by atoms with Gasteiger partial charge in [-0.15, -0.1) is 0 Å². The Bertz CT molecular complexity index is 936. The average Bonchev–Trinajstić information content (AvgIpc) is 2.95. The molecule has 0 aromatic heterocycles. The van der Waals surface area contributed by atoms with Crippen molar-refractivity contribution < 1.29 is 38.9 Å². The van der Waals surface area contributed by atoms with Crippen molar-refractivity contribution in [2.24, 2.45) is 0 Å². The summed E-state index contributed by atoms with van der Waals surface area (Å²) >= 11 is 0. The van der Waals surface area contributed by atoms with E-state index in [-0.39, 0.29) is 36.8 Å². The molecule has 1 aromatic carbocycles. The molecule has 2 atom stereocenters. The highest BCUT2D eigenvalue weighted by Crippen LogP contribution is 2.32. The molecule has 10 heteroatoms. The van der Waals surface area contributed by atoms with Gasteiger partial charge in [0.25, 0.3) is 5.91 Å². The number of aliphatic hydroxyl groups excluding tert-OH is 2. The van der Waals surface area contributed by atoms with Crippen molar-refractivity contribution in [1.29, 1.82) is 0 Å². The van der Waals surface area contributed by atoms with Crippen LogP contribution in [0.1, 0.15) is 75.1 Å². The summed E-state index contributed by atoms with van der Waals surface area (Å²) in [6.45, 7) is 9.70. The highest BCUT2D eigenvalue weighted by molar-refractivity contribution is 6.07. The molecule has 1 aromatic rings. The zero-order chi connectivity index (χ0) is 26.6. The van der Waals surface area contributed by atoms with Gasteiger partial charge in [0.05, 0.1) is 23.8 Å². The van der Waals surface area contributed by atoms with E-state index >= 15 is 0 Å². The van der Waals surface area contributed by atoms with Crippen LogP contribution in [0.3, 0.4) is 0 Å². The number of urea groups is 1. The fraction of sp³-hybridized carbons (Fsp3) is 0.600. The van der Waals surface area contributed by atoms with Crippen LogP contribution in [-0.2, 0) is 14.3 Å². The number of carbonyl (C=O) groups excluding carboxylic acids is 4. The molecule has 0 aliphatic carbocycles. The summed E-state index contributed by atoms with van der Waals surface area (Å²) in [6, 6.07) is 5.07. The predicted molar refractivity (Wildman–Crippen MR) is 127 cm³/mol. The zero-order valence-electron chi connectivity index (χ0n) is 21.2. The molecule has 1 heterocycles. The highest BCUT2D eigenvalue weighted by atomic mass is 16.5. The molecule has 0 bridgehead atoms. The molecule has 2 unspecified atom stereocenters. The predicted octanol–water partition coefficient (Wildman–Crippen LogP) is 2.36. The van der Waals surface area contributed by atoms with Gasteiger partial charge in [0.15, 0.2) is 0 Å². The van der Waals surface area contributed by atoms with Crippen LogP contribution in [0.2, 0.25) is 0 Å². The summed E-state index contributed by atoms with van der Waals surface area (Å²) < 4.78 is 10.2. The first-order valence-corrected chi connectivity index (χ1v) is 11.7. The Labute approximate surface area is 205 Å². The number of hydrogen-bond acceptors (Lipinski definition) is 8. The van der Waals surface area contributed by atoms with Crippen LogP contribution in [0.25, 0.3) is 0 Å². The number of ether oxygens (including phenoxy) is 2. The summed E-state index contributed by atoms with van der Waals surface area (Å²) in [4.78, 5) is 52.5. The second-order valence-electron chi connectivity index (χ2n) is 10.1. The van der Waals surface area contributed by atoms with E-state index in [1.807, 2.05) is 6.92 Å². The van der Waals surface area contributed by atoms with Crippen molar-refractivity contribution in [3.05, 3.63) is 35.4 Å². The van der Waals surface area contributed by atoms with E-state index in [0.29, 0.717) is 6.42 Å². The number of benzene rings is 1. The highest BCUT2D eigenvalue weighted by Gasteiger charge is 2.54. The third-order valence-electron chi connectivity index (χ3n) is 5.68. The van der Waals surface area contributed by atoms with Crippen molar-refractivity contribution in [1.82, 2.24) is 9.80 Å². The minimum Gasteiger partial charge on any atom is -0.459 e. The van der Waals surface area contributed by atoms with E-state index in [1.165, 1.54) is 34.1 Å². The fourth-order valence-electron chi connectivity index (χ4n) is 3.67. The summed E-state index contributed by atoms with van der Waals surface area (Å²) in [6.07, 6.45) is -0.637. The van der Waals surface area contributed by atoms with Crippen LogP contribution in [0.15, 0.2) is 24.3 Å². The minimum absolute atomic E-state index is 0.107. The topological polar surface area (TPSA) is 134 Å². The number of amides is 3. The maximum atomic E-state index is 12.8. The number of rotatable bonds is 10. The second-order valence-corrected chi connectivity index (χ2v) is 10.1. The first-order valence-electron chi connectivity index (χ1n) is 11.7. The number of esters is 2. The number of carbonyl (C=O) groups is 4. The molecule has 1 saturated heterocycles. The molecule has 35 heavy (non-hydrogen) atoms. The SMILES string of the molecule is CCCC(O)COC(=O)c1ccc(C(=O)OCC(O)CN2C(=O)N(C(C)(C)C)C(=O)C2(C)C)cc1. The number of β-amino-alcohol motifs (C(OH)–C–C–N with tert-alkyl or cyclic N) is 1. The number of imide groups is 1. The van der Waals surface area contributed by atoms with Crippen molar-refractivity contribution in [3.8, 4) is 0 Å². The third kappa shape index (κ3) is 6.79. The normalized spacial score (nSPS) is 17.4. The largest absolute Gasteiger partial charge is 0.459 e. The van der Waals surface area contributed by atoms with Gasteiger partial charge in [-0.2, -0.15) is 0 Å². The maximum Gasteiger partial charge on any atom is 0.338 e. The molecular weight excluding hydrogens is 456 g/mol. The van der Waals surface area contributed by atoms with Gasteiger partial charge in [-0.1, -0.05) is 13.3 Å². The van der Waals surface area contributed by atoms with Crippen LogP contribution >= 0.6 is 0 Å². The van der Waals surface area contributed by atoms with E-state index in [4.69, 9.17) is 9.47 Å². The lowest BCUT2D eigenvalue weighted by Crippen LogP contribution is -2.48. The molecule has 1 aliphatic heterocycles. The monoisotopic (exact) mass is 492 g/mol. The molecule has 0 saturated carbocycles. The quantitative estimate of drug-likeness (QED) is 0.376. The fourth-order valence-corrected chi connectivity index (χ4v) is 3.67. The minimum atomic E-state index is -1.21. The maximum absolute atomic E-state index is 12.8. The zero-order valence-corrected chi connectivity index (χ0v) is 21.2. The lowest BCUT2D eigenvalue weighted by molar-refractivity contribution is -0.135. The lowest BCUT2D eigenvalue weighted by atomic mass is 10.0. The van der Waals surface area contributed by atoms with Crippen molar-refractivity contribution in [2.45, 2.75) is 77.7 Å². The van der Waals surface area contributed by atoms with Crippen LogP contribution in [0, 0.1) is 0 Å². The molecule has 2 N–H and O–H groups in total. The van der Waals surface area contributed by atoms with Gasteiger partial charge in [-0.25, -0.2) is 14.4 Å². The first-order chi connectivity index (χ1) is 16.2. The van der Waals surface area contributed by atoms with Crippen LogP contribution in [-0.4, -0.2) is 86.9 Å². The van der Waals surface area contributed by atoms with E-state index in [2.05, 4.69) is 0 Å². The standard InChI is InChI=1S/C25H36N2O8/c1-7-8-18(28)14-34-20(30)16-9-11-17(12-10-16)21(31)35-15-19(29)13-26-23(33)27(24(2,3)4)22(32)25(26,5)6/h9-12,18-19,28-29H,7-8,13-15H2,1-6H3. The number of aliphatic hydroxyl groups is 2. The molecule has 3 amide bonds. The van der Waals surface area contributed by atoms with Gasteiger partial charge in [-0.05, 0) is 65.3 Å². The Morgan fingerprint density at radius 2 is 1.40 bits per heavy atom. The molecule has 1 aliphatic rings. The summed E-state index contributed by atoms with van der Waals surface area (Å²) in [7, 11) is 0. The smallest absolute Gasteiger partial charge is 0.338 e. The van der Waals surface area contributed by atoms with Gasteiger partial charge in [0, 0.05) is 5.54 Å². The molecule has 2 rings (SSSR count). The van der Waals surface area contributed by atoms with E-state index in [9.17, 15) is 29.4 Å². The molecule has 1 fully saturated rings. The number of hydrogen-bond donors (Lipinski definition) is 2. The van der Waals surface area contributed by atoms with Crippen molar-refractivity contribution in [3.63, 3.8) is 0 Å². The molecule has 0 radical (unpaired) electrons. The van der Waals surface area contributed by atoms with Crippen LogP contribution < -0.4 is 0 Å². The number of nitrogens with zero attached hydrogens (tertiary/aromatic N) is 2. The Kier molecular flexibility index (Phi) is 9.02. The molecule has 10 nitrogen and oxygen atoms in total. The van der Waals surface area contributed by atoms with Gasteiger partial charge in [0.1, 0.15) is 24.9 Å². The molecule has 194 valence electrons. The van der Waals surface area contributed by atoms with Gasteiger partial charge in [-0.3, -0.25) is 9.69 Å². The Morgan fingerprint density at radius 1 is 0.943 bits per heavy atom. The van der Waals surface area contributed by atoms with Gasteiger partial charge in [0.2, 0.25) is 0 Å². The Morgan fingerprint density at radius 3 is 1.80 bits per heavy atom. The van der Waals surface area contributed by atoms with Crippen molar-refractivity contribution in [2.75, 3.05) is 19.8 Å². The first kappa shape index (κ1) is 28.3. The molecule has 0 spiro atoms. The van der Waals surface area contributed by atoms with Gasteiger partial charge >= 0.3 is 18.0 Å². The van der Waals surface area contributed by atoms with Crippen LogP contribution in [0.4, 0.5) is 4.79 Å². The van der Waals surface area contributed by atoms with E-state index in [0.717, 1.165) is 6.42 Å². The summed E-state index contributed by atoms with van der Waals surface area (Å²) in [5.41, 5.74) is -1.49. The third-order valence-corrected chi connectivity index (χ3v) is 5.68. The lowest BCUT2D eigenvalue weighted by Gasteiger charge is -2.30. The second kappa shape index (κ2) is 11.2. The molecular formula is C25H36N2O8. The summed E-state index contributed by atoms with van der Waals surface area (Å²) in [5.74, 6) is -1.70. The Balaban J connectivity index is 1.91. The van der Waals surface area contributed by atoms with Crippen LogP contribution in [0.5, 0.6) is 0 Å². The van der Waals surface area contributed by atoms with Gasteiger partial charge < -0.3 is 24.6 Å². The Hall–Kier alpha value is -2.98. The van der Waals surface area contributed by atoms with Crippen molar-refractivity contribution >= 4 is 23.9 Å². The van der Waals surface area contributed by atoms with E-state index in [1.54, 1.807) is 34.6 Å². The van der Waals surface area contributed by atoms with E-state index < -0.39 is 41.3 Å². The summed E-state index contributed by atoms with van der Waals surface area (Å²) in [5, 5.41) is 20.1.